The van der Waals surface area contributed by atoms with E-state index in [2.05, 4.69) is 25.4 Å². The van der Waals surface area contributed by atoms with Crippen molar-refractivity contribution in [3.05, 3.63) is 28.3 Å². The summed E-state index contributed by atoms with van der Waals surface area (Å²) in [4.78, 5) is 17.7. The van der Waals surface area contributed by atoms with Gasteiger partial charge in [0, 0.05) is 11.8 Å². The first kappa shape index (κ1) is 7.66. The molecule has 6 heteroatoms. The molecule has 0 aliphatic heterocycles. The first-order chi connectivity index (χ1) is 6.25. The molecule has 66 valence electrons. The van der Waals surface area contributed by atoms with Crippen LogP contribution in [0, 0.1) is 6.92 Å². The monoisotopic (exact) mass is 177 g/mol. The molecular weight excluding hydrogens is 170 g/mol. The van der Waals surface area contributed by atoms with Crippen LogP contribution in [0.2, 0.25) is 0 Å². The summed E-state index contributed by atoms with van der Waals surface area (Å²) in [6.07, 6.45) is 1.50. The molecule has 0 atom stereocenters. The molecule has 0 bridgehead atoms. The number of aromatic nitrogens is 5. The van der Waals surface area contributed by atoms with Crippen LogP contribution in [0.1, 0.15) is 5.69 Å². The number of hydrogen-bond donors (Lipinski definition) is 2. The molecule has 13 heavy (non-hydrogen) atoms. The van der Waals surface area contributed by atoms with Crippen LogP contribution >= 0.6 is 0 Å². The third kappa shape index (κ3) is 1.46. The van der Waals surface area contributed by atoms with Gasteiger partial charge in [0.15, 0.2) is 5.82 Å². The zero-order valence-electron chi connectivity index (χ0n) is 6.90. The molecule has 0 spiro atoms. The molecule has 0 amide bonds. The summed E-state index contributed by atoms with van der Waals surface area (Å²) in [5.74, 6) is 0.429. The first-order valence-electron chi connectivity index (χ1n) is 3.70. The van der Waals surface area contributed by atoms with Crippen molar-refractivity contribution < 1.29 is 0 Å². The number of nitrogens with zero attached hydrogens (tertiary/aromatic N) is 3. The SMILES string of the molecule is Cc1cc(=O)[nH]c(-c2cn[nH]n2)n1. The highest BCUT2D eigenvalue weighted by Gasteiger charge is 2.03. The summed E-state index contributed by atoms with van der Waals surface area (Å²) in [7, 11) is 0. The maximum absolute atomic E-state index is 11.1. The van der Waals surface area contributed by atoms with Gasteiger partial charge in [-0.25, -0.2) is 4.98 Å². The van der Waals surface area contributed by atoms with Crippen molar-refractivity contribution in [1.82, 2.24) is 25.4 Å². The summed E-state index contributed by atoms with van der Waals surface area (Å²) in [6, 6.07) is 1.42. The predicted molar refractivity (Wildman–Crippen MR) is 45.0 cm³/mol. The van der Waals surface area contributed by atoms with Gasteiger partial charge in [-0.3, -0.25) is 4.79 Å². The van der Waals surface area contributed by atoms with E-state index in [9.17, 15) is 4.79 Å². The Kier molecular flexibility index (Phi) is 1.66. The Morgan fingerprint density at radius 2 is 2.31 bits per heavy atom. The lowest BCUT2D eigenvalue weighted by Gasteiger charge is -1.95. The molecule has 0 unspecified atom stereocenters. The molecular formula is C7H7N5O. The number of H-pyrrole nitrogens is 2. The number of hydrogen-bond acceptors (Lipinski definition) is 4. The van der Waals surface area contributed by atoms with Gasteiger partial charge in [-0.15, -0.1) is 0 Å². The fourth-order valence-corrected chi connectivity index (χ4v) is 1.02. The molecule has 2 aromatic rings. The molecule has 2 N–H and O–H groups in total. The van der Waals surface area contributed by atoms with Crippen LogP contribution in [0.15, 0.2) is 17.1 Å². The molecule has 2 rings (SSSR count). The van der Waals surface area contributed by atoms with Crippen LogP contribution < -0.4 is 5.56 Å². The van der Waals surface area contributed by atoms with Crippen LogP contribution in [0.25, 0.3) is 11.5 Å². The largest absolute Gasteiger partial charge is 0.305 e. The smallest absolute Gasteiger partial charge is 0.251 e. The van der Waals surface area contributed by atoms with E-state index >= 15 is 0 Å². The minimum atomic E-state index is -0.189. The number of rotatable bonds is 1. The highest BCUT2D eigenvalue weighted by molar-refractivity contribution is 5.45. The third-order valence-electron chi connectivity index (χ3n) is 1.53. The van der Waals surface area contributed by atoms with Gasteiger partial charge in [0.05, 0.1) is 6.20 Å². The molecule has 0 aromatic carbocycles. The highest BCUT2D eigenvalue weighted by Crippen LogP contribution is 2.05. The van der Waals surface area contributed by atoms with E-state index in [1.807, 2.05) is 0 Å². The molecule has 0 fully saturated rings. The lowest BCUT2D eigenvalue weighted by atomic mass is 10.4. The summed E-state index contributed by atoms with van der Waals surface area (Å²) in [6.45, 7) is 1.75. The van der Waals surface area contributed by atoms with E-state index in [1.54, 1.807) is 6.92 Å². The lowest BCUT2D eigenvalue weighted by Crippen LogP contribution is -2.08. The van der Waals surface area contributed by atoms with Crippen LogP contribution in [0.5, 0.6) is 0 Å². The second-order valence-corrected chi connectivity index (χ2v) is 2.59. The first-order valence-corrected chi connectivity index (χ1v) is 3.70. The number of aromatic amines is 2. The molecule has 2 aromatic heterocycles. The summed E-state index contributed by atoms with van der Waals surface area (Å²) in [5, 5.41) is 9.86. The minimum absolute atomic E-state index is 0.189. The van der Waals surface area contributed by atoms with E-state index < -0.39 is 0 Å². The molecule has 0 saturated carbocycles. The second-order valence-electron chi connectivity index (χ2n) is 2.59. The van der Waals surface area contributed by atoms with E-state index in [-0.39, 0.29) is 5.56 Å². The summed E-state index contributed by atoms with van der Waals surface area (Å²) in [5.41, 5.74) is 0.994. The van der Waals surface area contributed by atoms with Gasteiger partial charge in [0.25, 0.3) is 5.56 Å². The molecule has 2 heterocycles. The van der Waals surface area contributed by atoms with E-state index in [4.69, 9.17) is 0 Å². The summed E-state index contributed by atoms with van der Waals surface area (Å²) < 4.78 is 0. The number of aryl methyl sites for hydroxylation is 1. The quantitative estimate of drug-likeness (QED) is 0.634. The van der Waals surface area contributed by atoms with Crippen LogP contribution in [-0.2, 0) is 0 Å². The Labute approximate surface area is 73.0 Å². The zero-order chi connectivity index (χ0) is 9.26. The van der Waals surface area contributed by atoms with Crippen molar-refractivity contribution in [2.45, 2.75) is 6.92 Å². The Balaban J connectivity index is 2.59. The fourth-order valence-electron chi connectivity index (χ4n) is 1.02. The predicted octanol–water partition coefficient (Wildman–Crippen LogP) is -0.137. The van der Waals surface area contributed by atoms with Gasteiger partial charge < -0.3 is 4.98 Å². The fraction of sp³-hybridized carbons (Fsp3) is 0.143. The average Bonchev–Trinajstić information content (AvgIpc) is 2.53. The van der Waals surface area contributed by atoms with Gasteiger partial charge in [-0.05, 0) is 6.92 Å². The molecule has 0 aliphatic rings. The average molecular weight is 177 g/mol. The zero-order valence-corrected chi connectivity index (χ0v) is 6.90. The van der Waals surface area contributed by atoms with Crippen molar-refractivity contribution in [2.75, 3.05) is 0 Å². The third-order valence-corrected chi connectivity index (χ3v) is 1.53. The van der Waals surface area contributed by atoms with Crippen LogP contribution in [0.3, 0.4) is 0 Å². The van der Waals surface area contributed by atoms with Gasteiger partial charge in [-0.2, -0.15) is 15.4 Å². The van der Waals surface area contributed by atoms with Gasteiger partial charge in [0.1, 0.15) is 5.69 Å². The van der Waals surface area contributed by atoms with Crippen molar-refractivity contribution in [3.63, 3.8) is 0 Å². The Morgan fingerprint density at radius 1 is 1.46 bits per heavy atom. The minimum Gasteiger partial charge on any atom is -0.305 e. The Morgan fingerprint density at radius 3 is 2.92 bits per heavy atom. The van der Waals surface area contributed by atoms with Crippen molar-refractivity contribution in [3.8, 4) is 11.5 Å². The maximum atomic E-state index is 11.1. The molecule has 0 saturated heterocycles. The standard InChI is InChI=1S/C7H7N5O/c1-4-2-6(13)10-7(9-4)5-3-8-12-11-5/h2-3H,1H3,(H,8,11,12)(H,9,10,13). The van der Waals surface area contributed by atoms with Crippen molar-refractivity contribution >= 4 is 0 Å². The van der Waals surface area contributed by atoms with E-state index in [0.29, 0.717) is 17.2 Å². The Bertz CT molecular complexity index is 458. The van der Waals surface area contributed by atoms with Crippen molar-refractivity contribution in [2.24, 2.45) is 0 Å². The second kappa shape index (κ2) is 2.81. The van der Waals surface area contributed by atoms with Gasteiger partial charge >= 0.3 is 0 Å². The highest BCUT2D eigenvalue weighted by atomic mass is 16.1. The topological polar surface area (TPSA) is 87.3 Å². The van der Waals surface area contributed by atoms with Gasteiger partial charge in [-0.1, -0.05) is 0 Å². The van der Waals surface area contributed by atoms with Crippen molar-refractivity contribution in [1.29, 1.82) is 0 Å². The lowest BCUT2D eigenvalue weighted by molar-refractivity contribution is 0.936. The van der Waals surface area contributed by atoms with Gasteiger partial charge in [0.2, 0.25) is 0 Å². The maximum Gasteiger partial charge on any atom is 0.251 e. The van der Waals surface area contributed by atoms with E-state index in [1.165, 1.54) is 12.3 Å². The van der Waals surface area contributed by atoms with Crippen LogP contribution in [0.4, 0.5) is 0 Å². The molecule has 6 nitrogen and oxygen atoms in total. The number of nitrogens with one attached hydrogen (secondary N) is 2. The summed E-state index contributed by atoms with van der Waals surface area (Å²) >= 11 is 0. The van der Waals surface area contributed by atoms with Crippen LogP contribution in [-0.4, -0.2) is 25.4 Å². The Hall–Kier alpha value is -1.98. The molecule has 0 aliphatic carbocycles. The normalized spacial score (nSPS) is 10.2. The van der Waals surface area contributed by atoms with E-state index in [0.717, 1.165) is 0 Å². The molecule has 0 radical (unpaired) electrons.